The lowest BCUT2D eigenvalue weighted by Gasteiger charge is -2.12. The van der Waals surface area contributed by atoms with E-state index in [1.54, 1.807) is 30.3 Å². The van der Waals surface area contributed by atoms with Gasteiger partial charge in [-0.2, -0.15) is 13.2 Å². The Bertz CT molecular complexity index is 579. The Morgan fingerprint density at radius 3 is 2.28 bits per heavy atom. The van der Waals surface area contributed by atoms with E-state index in [2.05, 4.69) is 15.9 Å². The van der Waals surface area contributed by atoms with Crippen LogP contribution in [-0.2, 0) is 6.18 Å². The molecule has 0 amide bonds. The Hall–Kier alpha value is -1.000. The van der Waals surface area contributed by atoms with Crippen molar-refractivity contribution in [1.29, 1.82) is 0 Å². The van der Waals surface area contributed by atoms with Crippen molar-refractivity contribution < 1.29 is 13.2 Å². The quantitative estimate of drug-likeness (QED) is 0.619. The molecule has 0 unspecified atom stereocenters. The van der Waals surface area contributed by atoms with Gasteiger partial charge in [0.2, 0.25) is 0 Å². The zero-order valence-corrected chi connectivity index (χ0v) is 11.3. The van der Waals surface area contributed by atoms with Crippen LogP contribution in [0.3, 0.4) is 0 Å². The first kappa shape index (κ1) is 13.4. The number of hydrogen-bond donors (Lipinski definition) is 0. The third-order valence-corrected chi connectivity index (χ3v) is 3.48. The molecule has 0 heterocycles. The molecule has 2 aromatic rings. The van der Waals surface area contributed by atoms with Gasteiger partial charge in [-0.05, 0) is 23.8 Å². The maximum Gasteiger partial charge on any atom is 0.417 e. The molecule has 2 aromatic carbocycles. The van der Waals surface area contributed by atoms with Crippen molar-refractivity contribution in [3.8, 4) is 11.1 Å². The van der Waals surface area contributed by atoms with Gasteiger partial charge in [0.15, 0.2) is 0 Å². The molecule has 0 atom stereocenters. The van der Waals surface area contributed by atoms with Crippen LogP contribution in [0.25, 0.3) is 11.1 Å². The fourth-order valence-corrected chi connectivity index (χ4v) is 2.32. The minimum atomic E-state index is -4.39. The van der Waals surface area contributed by atoms with Gasteiger partial charge in [0.05, 0.1) is 5.56 Å². The molecule has 0 saturated carbocycles. The molecule has 0 nitrogen and oxygen atoms in total. The molecule has 0 aliphatic rings. The summed E-state index contributed by atoms with van der Waals surface area (Å²) < 4.78 is 38.4. The second-order valence-corrected chi connectivity index (χ2v) is 4.93. The highest BCUT2D eigenvalue weighted by Gasteiger charge is 2.33. The van der Waals surface area contributed by atoms with E-state index in [4.69, 9.17) is 11.6 Å². The fraction of sp³-hybridized carbons (Fsp3) is 0.0769. The second-order valence-electron chi connectivity index (χ2n) is 3.67. The Morgan fingerprint density at radius 2 is 1.67 bits per heavy atom. The highest BCUT2D eigenvalue weighted by molar-refractivity contribution is 9.10. The maximum absolute atomic E-state index is 12.8. The van der Waals surface area contributed by atoms with Crippen molar-refractivity contribution >= 4 is 27.5 Å². The molecule has 0 bridgehead atoms. The van der Waals surface area contributed by atoms with Gasteiger partial charge in [-0.3, -0.25) is 0 Å². The molecule has 0 aliphatic carbocycles. The van der Waals surface area contributed by atoms with Crippen LogP contribution >= 0.6 is 27.5 Å². The molecule has 0 aliphatic heterocycles. The molecule has 5 heteroatoms. The summed E-state index contributed by atoms with van der Waals surface area (Å²) in [6.45, 7) is 0. The van der Waals surface area contributed by atoms with Crippen LogP contribution in [-0.4, -0.2) is 0 Å². The molecule has 0 aromatic heterocycles. The number of halogens is 5. The van der Waals surface area contributed by atoms with E-state index in [0.717, 1.165) is 6.07 Å². The van der Waals surface area contributed by atoms with E-state index in [1.807, 2.05) is 0 Å². The maximum atomic E-state index is 12.8. The number of benzene rings is 2. The van der Waals surface area contributed by atoms with Gasteiger partial charge in [-0.1, -0.05) is 51.8 Å². The van der Waals surface area contributed by atoms with E-state index in [-0.39, 0.29) is 4.47 Å². The first-order valence-electron chi connectivity index (χ1n) is 5.01. The summed E-state index contributed by atoms with van der Waals surface area (Å²) >= 11 is 8.88. The van der Waals surface area contributed by atoms with Gasteiger partial charge in [0.1, 0.15) is 0 Å². The van der Waals surface area contributed by atoms with Gasteiger partial charge in [-0.15, -0.1) is 0 Å². The van der Waals surface area contributed by atoms with Crippen molar-refractivity contribution in [2.75, 3.05) is 0 Å². The molecule has 2 rings (SSSR count). The average molecular weight is 336 g/mol. The molecule has 0 fully saturated rings. The summed E-state index contributed by atoms with van der Waals surface area (Å²) in [5.74, 6) is 0. The summed E-state index contributed by atoms with van der Waals surface area (Å²) in [5.41, 5.74) is 0.313. The van der Waals surface area contributed by atoms with Gasteiger partial charge in [0.25, 0.3) is 0 Å². The van der Waals surface area contributed by atoms with Gasteiger partial charge in [0, 0.05) is 15.1 Å². The largest absolute Gasteiger partial charge is 0.417 e. The summed E-state index contributed by atoms with van der Waals surface area (Å²) in [6, 6.07) is 10.9. The smallest absolute Gasteiger partial charge is 0.166 e. The van der Waals surface area contributed by atoms with E-state index < -0.39 is 11.7 Å². The molecule has 0 N–H and O–H groups in total. The Labute approximate surface area is 116 Å². The lowest BCUT2D eigenvalue weighted by Crippen LogP contribution is -2.06. The highest BCUT2D eigenvalue weighted by Crippen LogP contribution is 2.38. The lowest BCUT2D eigenvalue weighted by atomic mass is 10.0. The van der Waals surface area contributed by atoms with Gasteiger partial charge < -0.3 is 0 Å². The zero-order chi connectivity index (χ0) is 13.3. The van der Waals surface area contributed by atoms with Crippen molar-refractivity contribution in [2.24, 2.45) is 0 Å². The molecule has 0 radical (unpaired) electrons. The lowest BCUT2D eigenvalue weighted by molar-refractivity contribution is -0.138. The van der Waals surface area contributed by atoms with Gasteiger partial charge >= 0.3 is 6.18 Å². The molecule has 18 heavy (non-hydrogen) atoms. The molecule has 94 valence electrons. The topological polar surface area (TPSA) is 0 Å². The van der Waals surface area contributed by atoms with Crippen molar-refractivity contribution in [2.45, 2.75) is 6.18 Å². The van der Waals surface area contributed by atoms with Crippen molar-refractivity contribution in [3.05, 3.63) is 57.5 Å². The summed E-state index contributed by atoms with van der Waals surface area (Å²) in [7, 11) is 0. The van der Waals surface area contributed by atoms with Crippen LogP contribution in [0.5, 0.6) is 0 Å². The first-order valence-corrected chi connectivity index (χ1v) is 6.18. The van der Waals surface area contributed by atoms with Gasteiger partial charge in [-0.25, -0.2) is 0 Å². The van der Waals surface area contributed by atoms with Crippen LogP contribution in [0.2, 0.25) is 5.02 Å². The Kier molecular flexibility index (Phi) is 3.69. The van der Waals surface area contributed by atoms with Crippen LogP contribution in [0, 0.1) is 0 Å². The summed E-state index contributed by atoms with van der Waals surface area (Å²) in [4.78, 5) is 0. The number of alkyl halides is 3. The third kappa shape index (κ3) is 2.70. The predicted molar refractivity (Wildman–Crippen MR) is 69.6 cm³/mol. The standard InChI is InChI=1S/C13H7BrClF3/c14-11-6-5-8(7-10(11)13(16,17)18)9-3-1-2-4-12(9)15/h1-7H. The van der Waals surface area contributed by atoms with Crippen LogP contribution < -0.4 is 0 Å². The van der Waals surface area contributed by atoms with Crippen molar-refractivity contribution in [3.63, 3.8) is 0 Å². The molecule has 0 spiro atoms. The Morgan fingerprint density at radius 1 is 1.00 bits per heavy atom. The van der Waals surface area contributed by atoms with Crippen LogP contribution in [0.1, 0.15) is 5.56 Å². The summed E-state index contributed by atoms with van der Waals surface area (Å²) in [5, 5.41) is 0.424. The first-order chi connectivity index (χ1) is 8.39. The number of hydrogen-bond acceptors (Lipinski definition) is 0. The van der Waals surface area contributed by atoms with E-state index in [0.29, 0.717) is 16.1 Å². The Balaban J connectivity index is 2.58. The van der Waals surface area contributed by atoms with E-state index in [1.165, 1.54) is 6.07 Å². The van der Waals surface area contributed by atoms with Crippen LogP contribution in [0.15, 0.2) is 46.9 Å². The van der Waals surface area contributed by atoms with Crippen molar-refractivity contribution in [1.82, 2.24) is 0 Å². The predicted octanol–water partition coefficient (Wildman–Crippen LogP) is 5.79. The fourth-order valence-electron chi connectivity index (χ4n) is 1.61. The highest BCUT2D eigenvalue weighted by atomic mass is 79.9. The zero-order valence-electron chi connectivity index (χ0n) is 8.93. The minimum absolute atomic E-state index is 0.0193. The SMILES string of the molecule is FC(F)(F)c1cc(-c2ccccc2Cl)ccc1Br. The summed E-state index contributed by atoms with van der Waals surface area (Å²) in [6.07, 6.45) is -4.39. The monoisotopic (exact) mass is 334 g/mol. The normalized spacial score (nSPS) is 11.6. The average Bonchev–Trinajstić information content (AvgIpc) is 2.29. The van der Waals surface area contributed by atoms with E-state index >= 15 is 0 Å². The number of rotatable bonds is 1. The second kappa shape index (κ2) is 4.94. The minimum Gasteiger partial charge on any atom is -0.166 e. The molecule has 0 saturated heterocycles. The molecular weight excluding hydrogens is 328 g/mol. The van der Waals surface area contributed by atoms with E-state index in [9.17, 15) is 13.2 Å². The third-order valence-electron chi connectivity index (χ3n) is 2.46. The molecular formula is C13H7BrClF3. The van der Waals surface area contributed by atoms with Crippen LogP contribution in [0.4, 0.5) is 13.2 Å².